The third-order valence-electron chi connectivity index (χ3n) is 4.67. The van der Waals surface area contributed by atoms with Crippen LogP contribution in [0.5, 0.6) is 0 Å². The fourth-order valence-electron chi connectivity index (χ4n) is 3.14. The summed E-state index contributed by atoms with van der Waals surface area (Å²) in [5.41, 5.74) is 1.26. The van der Waals surface area contributed by atoms with Gasteiger partial charge in [-0.1, -0.05) is 29.8 Å². The minimum absolute atomic E-state index is 0.161. The van der Waals surface area contributed by atoms with E-state index in [0.29, 0.717) is 22.4 Å². The van der Waals surface area contributed by atoms with Crippen LogP contribution in [0.2, 0.25) is 5.02 Å². The number of aromatic nitrogens is 2. The molecule has 0 saturated heterocycles. The second-order valence-corrected chi connectivity index (χ2v) is 9.59. The summed E-state index contributed by atoms with van der Waals surface area (Å²) in [6, 6.07) is 15.2. The molecule has 1 atom stereocenters. The second kappa shape index (κ2) is 9.65. The Morgan fingerprint density at radius 1 is 1.18 bits per heavy atom. The van der Waals surface area contributed by atoms with Crippen molar-refractivity contribution in [2.75, 3.05) is 29.6 Å². The molecule has 0 saturated carbocycles. The van der Waals surface area contributed by atoms with Crippen LogP contribution < -0.4 is 10.2 Å². The number of ether oxygens (including phenoxy) is 2. The molecule has 1 aromatic heterocycles. The first kappa shape index (κ1) is 22.8. The molecule has 1 unspecified atom stereocenters. The standard InChI is InChI=1S/C22H21ClN4O5S/c1-33(29,30)18-7-3-6-17(13-18)25-22-24-9-8-19(26-22)27(10-11-28)20-14-31-21(32-20)15-4-2-5-16(23)12-15/h2-9,12-14,21,28H,10-11H2,1H3,(H,24,25,26). The summed E-state index contributed by atoms with van der Waals surface area (Å²) in [6.45, 7) is 0.0309. The highest BCUT2D eigenvalue weighted by molar-refractivity contribution is 7.90. The lowest BCUT2D eigenvalue weighted by atomic mass is 10.2. The maximum atomic E-state index is 11.8. The number of anilines is 3. The molecule has 33 heavy (non-hydrogen) atoms. The lowest BCUT2D eigenvalue weighted by molar-refractivity contribution is -0.0352. The Labute approximate surface area is 196 Å². The summed E-state index contributed by atoms with van der Waals surface area (Å²) >= 11 is 6.06. The Balaban J connectivity index is 1.54. The molecule has 3 aromatic rings. The normalized spacial score (nSPS) is 15.4. The van der Waals surface area contributed by atoms with Crippen LogP contribution >= 0.6 is 11.6 Å². The summed E-state index contributed by atoms with van der Waals surface area (Å²) in [5.74, 6) is 1.05. The van der Waals surface area contributed by atoms with E-state index in [1.54, 1.807) is 47.5 Å². The van der Waals surface area contributed by atoms with Crippen LogP contribution in [0, 0.1) is 0 Å². The molecule has 2 N–H and O–H groups in total. The van der Waals surface area contributed by atoms with Crippen LogP contribution in [0.4, 0.5) is 17.5 Å². The molecule has 2 heterocycles. The number of halogens is 1. The van der Waals surface area contributed by atoms with Gasteiger partial charge < -0.3 is 19.9 Å². The minimum Gasteiger partial charge on any atom is -0.453 e. The quantitative estimate of drug-likeness (QED) is 0.490. The number of nitrogens with zero attached hydrogens (tertiary/aromatic N) is 3. The Bertz CT molecular complexity index is 1290. The fraction of sp³-hybridized carbons (Fsp3) is 0.182. The van der Waals surface area contributed by atoms with Crippen molar-refractivity contribution in [3.05, 3.63) is 83.5 Å². The van der Waals surface area contributed by atoms with Gasteiger partial charge in [-0.05, 0) is 36.4 Å². The molecule has 0 radical (unpaired) electrons. The van der Waals surface area contributed by atoms with Gasteiger partial charge >= 0.3 is 0 Å². The van der Waals surface area contributed by atoms with Crippen molar-refractivity contribution >= 4 is 38.9 Å². The van der Waals surface area contributed by atoms with Crippen molar-refractivity contribution in [3.63, 3.8) is 0 Å². The van der Waals surface area contributed by atoms with E-state index in [1.807, 2.05) is 6.07 Å². The monoisotopic (exact) mass is 488 g/mol. The topological polar surface area (TPSA) is 114 Å². The van der Waals surface area contributed by atoms with Gasteiger partial charge in [-0.15, -0.1) is 0 Å². The van der Waals surface area contributed by atoms with Crippen molar-refractivity contribution < 1.29 is 23.0 Å². The van der Waals surface area contributed by atoms with Crippen molar-refractivity contribution in [2.45, 2.75) is 11.2 Å². The highest BCUT2D eigenvalue weighted by atomic mass is 35.5. The maximum Gasteiger partial charge on any atom is 0.268 e. The first-order valence-corrected chi connectivity index (χ1v) is 12.2. The Morgan fingerprint density at radius 3 is 2.76 bits per heavy atom. The SMILES string of the molecule is CS(=O)(=O)c1cccc(Nc2nccc(N(CCO)C3=COC(c4cccc(Cl)c4)O3)n2)c1. The van der Waals surface area contributed by atoms with Crippen molar-refractivity contribution in [2.24, 2.45) is 0 Å². The van der Waals surface area contributed by atoms with E-state index in [2.05, 4.69) is 15.3 Å². The molecule has 0 spiro atoms. The van der Waals surface area contributed by atoms with E-state index in [1.165, 1.54) is 18.4 Å². The van der Waals surface area contributed by atoms with Crippen LogP contribution in [0.1, 0.15) is 11.9 Å². The van der Waals surface area contributed by atoms with Crippen LogP contribution in [0.3, 0.4) is 0 Å². The highest BCUT2D eigenvalue weighted by Crippen LogP contribution is 2.33. The molecule has 4 rings (SSSR count). The first-order chi connectivity index (χ1) is 15.8. The molecule has 1 aliphatic heterocycles. The van der Waals surface area contributed by atoms with Gasteiger partial charge in [0, 0.05) is 28.7 Å². The predicted molar refractivity (Wildman–Crippen MR) is 124 cm³/mol. The number of aliphatic hydroxyl groups excluding tert-OH is 1. The predicted octanol–water partition coefficient (Wildman–Crippen LogP) is 3.62. The number of hydrogen-bond acceptors (Lipinski definition) is 9. The molecule has 0 aliphatic carbocycles. The number of benzene rings is 2. The van der Waals surface area contributed by atoms with E-state index in [9.17, 15) is 13.5 Å². The summed E-state index contributed by atoms with van der Waals surface area (Å²) in [4.78, 5) is 10.5. The molecule has 1 aliphatic rings. The summed E-state index contributed by atoms with van der Waals surface area (Å²) < 4.78 is 35.2. The summed E-state index contributed by atoms with van der Waals surface area (Å²) in [6.07, 6.45) is 3.45. The van der Waals surface area contributed by atoms with Gasteiger partial charge in [0.1, 0.15) is 12.1 Å². The Hall–Kier alpha value is -3.34. The van der Waals surface area contributed by atoms with E-state index in [0.717, 1.165) is 11.8 Å². The molecule has 0 bridgehead atoms. The number of rotatable bonds is 8. The molecule has 0 amide bonds. The van der Waals surface area contributed by atoms with E-state index in [4.69, 9.17) is 21.1 Å². The largest absolute Gasteiger partial charge is 0.453 e. The van der Waals surface area contributed by atoms with Crippen LogP contribution in [-0.2, 0) is 19.3 Å². The van der Waals surface area contributed by atoms with Crippen molar-refractivity contribution in [1.29, 1.82) is 0 Å². The minimum atomic E-state index is -3.35. The number of aliphatic hydroxyl groups is 1. The average molecular weight is 489 g/mol. The zero-order chi connectivity index (χ0) is 23.4. The second-order valence-electron chi connectivity index (χ2n) is 7.14. The van der Waals surface area contributed by atoms with Crippen molar-refractivity contribution in [3.8, 4) is 0 Å². The van der Waals surface area contributed by atoms with E-state index in [-0.39, 0.29) is 24.0 Å². The Kier molecular flexibility index (Phi) is 6.68. The first-order valence-electron chi connectivity index (χ1n) is 9.90. The molecular formula is C22H21ClN4O5S. The fourth-order valence-corrected chi connectivity index (χ4v) is 4.01. The molecule has 0 fully saturated rings. The zero-order valence-corrected chi connectivity index (χ0v) is 19.1. The molecular weight excluding hydrogens is 468 g/mol. The van der Waals surface area contributed by atoms with Gasteiger partial charge in [0.2, 0.25) is 11.8 Å². The average Bonchev–Trinajstić information content (AvgIpc) is 3.27. The lowest BCUT2D eigenvalue weighted by Gasteiger charge is -2.23. The zero-order valence-electron chi connectivity index (χ0n) is 17.6. The highest BCUT2D eigenvalue weighted by Gasteiger charge is 2.27. The maximum absolute atomic E-state index is 11.8. The van der Waals surface area contributed by atoms with Gasteiger partial charge in [-0.25, -0.2) is 13.4 Å². The number of sulfone groups is 1. The number of hydrogen-bond donors (Lipinski definition) is 2. The van der Waals surface area contributed by atoms with Crippen LogP contribution in [-0.4, -0.2) is 42.9 Å². The van der Waals surface area contributed by atoms with Gasteiger partial charge in [0.25, 0.3) is 6.29 Å². The molecule has 2 aromatic carbocycles. The van der Waals surface area contributed by atoms with Gasteiger partial charge in [-0.3, -0.25) is 4.90 Å². The van der Waals surface area contributed by atoms with Gasteiger partial charge in [0.15, 0.2) is 9.84 Å². The summed E-state index contributed by atoms with van der Waals surface area (Å²) in [5, 5.41) is 13.2. The molecule has 172 valence electrons. The van der Waals surface area contributed by atoms with Crippen LogP contribution in [0.25, 0.3) is 0 Å². The lowest BCUT2D eigenvalue weighted by Crippen LogP contribution is -2.27. The molecule has 11 heteroatoms. The third-order valence-corrected chi connectivity index (χ3v) is 6.01. The van der Waals surface area contributed by atoms with Crippen LogP contribution in [0.15, 0.2) is 77.8 Å². The van der Waals surface area contributed by atoms with Crippen molar-refractivity contribution in [1.82, 2.24) is 9.97 Å². The Morgan fingerprint density at radius 2 is 2.00 bits per heavy atom. The third kappa shape index (κ3) is 5.54. The molecule has 9 nitrogen and oxygen atoms in total. The number of nitrogens with one attached hydrogen (secondary N) is 1. The van der Waals surface area contributed by atoms with Gasteiger partial charge in [-0.2, -0.15) is 4.98 Å². The van der Waals surface area contributed by atoms with E-state index < -0.39 is 16.1 Å². The van der Waals surface area contributed by atoms with E-state index >= 15 is 0 Å². The smallest absolute Gasteiger partial charge is 0.268 e. The van der Waals surface area contributed by atoms with Gasteiger partial charge in [0.05, 0.1) is 18.0 Å². The summed E-state index contributed by atoms with van der Waals surface area (Å²) in [7, 11) is -3.35.